The molecule has 0 radical (unpaired) electrons. The fraction of sp³-hybridized carbons (Fsp3) is 0.455. The molecule has 1 fully saturated rings. The third-order valence-corrected chi connectivity index (χ3v) is 7.97. The smallest absolute Gasteiger partial charge is 0.261 e. The van der Waals surface area contributed by atoms with Gasteiger partial charge in [-0.15, -0.1) is 0 Å². The number of aromatic nitrogens is 2. The zero-order chi connectivity index (χ0) is 29.3. The first-order valence-corrected chi connectivity index (χ1v) is 14.7. The molecule has 216 valence electrons. The lowest BCUT2D eigenvalue weighted by Gasteiger charge is -2.31. The zero-order valence-corrected chi connectivity index (χ0v) is 25.2. The van der Waals surface area contributed by atoms with Crippen LogP contribution in [0, 0.1) is 12.3 Å². The Bertz CT molecular complexity index is 1400. The molecule has 41 heavy (non-hydrogen) atoms. The molecule has 8 heteroatoms. The largest absolute Gasteiger partial charge is 0.359 e. The predicted octanol–water partition coefficient (Wildman–Crippen LogP) is 6.58. The summed E-state index contributed by atoms with van der Waals surface area (Å²) in [4.78, 5) is 41.8. The number of anilines is 4. The number of carbonyl (C=O) groups is 2. The highest BCUT2D eigenvalue weighted by molar-refractivity contribution is 6.21. The van der Waals surface area contributed by atoms with Crippen LogP contribution in [0.5, 0.6) is 0 Å². The average Bonchev–Trinajstić information content (AvgIpc) is 3.54. The first kappa shape index (κ1) is 28.6. The van der Waals surface area contributed by atoms with Crippen LogP contribution in [0.3, 0.4) is 0 Å². The summed E-state index contributed by atoms with van der Waals surface area (Å²) in [6, 6.07) is 15.6. The average molecular weight is 555 g/mol. The molecule has 1 N–H and O–H groups in total. The van der Waals surface area contributed by atoms with Gasteiger partial charge >= 0.3 is 0 Å². The van der Waals surface area contributed by atoms with E-state index in [4.69, 9.17) is 9.97 Å². The molecule has 0 unspecified atom stereocenters. The second-order valence-corrected chi connectivity index (χ2v) is 12.6. The minimum absolute atomic E-state index is 0.109. The van der Waals surface area contributed by atoms with E-state index in [0.29, 0.717) is 23.1 Å². The summed E-state index contributed by atoms with van der Waals surface area (Å²) in [5, 5.41) is 3.48. The molecular formula is C33H42N6O2. The van der Waals surface area contributed by atoms with E-state index in [1.54, 1.807) is 24.3 Å². The standard InChI is InChI=1S/C33H42N6O2/c1-7-38(24-12-8-9-13-24)29-19-28(37(6)21-33(3,4)5)35-32(36-29)34-27-18-23(17-16-22(27)2)20-39-30(40)25-14-10-11-15-26(25)31(39)41/h10-11,14-19,24H,7-9,12-13,20-21H2,1-6H3,(H,34,35,36). The van der Waals surface area contributed by atoms with Gasteiger partial charge in [-0.25, -0.2) is 0 Å². The maximum atomic E-state index is 13.0. The normalized spacial score (nSPS) is 15.4. The van der Waals surface area contributed by atoms with Crippen LogP contribution in [0.1, 0.15) is 85.2 Å². The Kier molecular flexibility index (Phi) is 8.02. The molecule has 0 atom stereocenters. The number of nitrogens with zero attached hydrogens (tertiary/aromatic N) is 5. The van der Waals surface area contributed by atoms with Crippen molar-refractivity contribution in [1.82, 2.24) is 14.9 Å². The fourth-order valence-electron chi connectivity index (χ4n) is 6.02. The van der Waals surface area contributed by atoms with Crippen molar-refractivity contribution in [2.75, 3.05) is 35.3 Å². The highest BCUT2D eigenvalue weighted by Gasteiger charge is 2.35. The molecule has 2 heterocycles. The number of benzene rings is 2. The Labute approximate surface area is 243 Å². The van der Waals surface area contributed by atoms with Gasteiger partial charge in [0.1, 0.15) is 11.6 Å². The first-order chi connectivity index (χ1) is 19.5. The summed E-state index contributed by atoms with van der Waals surface area (Å²) in [7, 11) is 2.08. The number of hydrogen-bond acceptors (Lipinski definition) is 7. The molecule has 1 saturated carbocycles. The van der Waals surface area contributed by atoms with Gasteiger partial charge in [0.25, 0.3) is 11.8 Å². The highest BCUT2D eigenvalue weighted by atomic mass is 16.2. The summed E-state index contributed by atoms with van der Waals surface area (Å²) < 4.78 is 0. The van der Waals surface area contributed by atoms with Crippen molar-refractivity contribution in [2.24, 2.45) is 5.41 Å². The summed E-state index contributed by atoms with van der Waals surface area (Å²) >= 11 is 0. The zero-order valence-electron chi connectivity index (χ0n) is 25.2. The van der Waals surface area contributed by atoms with E-state index in [9.17, 15) is 9.59 Å². The van der Waals surface area contributed by atoms with Crippen LogP contribution in [-0.2, 0) is 6.54 Å². The van der Waals surface area contributed by atoms with Crippen molar-refractivity contribution in [3.63, 3.8) is 0 Å². The molecule has 3 aromatic rings. The van der Waals surface area contributed by atoms with Gasteiger partial charge in [-0.1, -0.05) is 57.9 Å². The van der Waals surface area contributed by atoms with Gasteiger partial charge in [0.2, 0.25) is 5.95 Å². The molecule has 0 spiro atoms. The number of nitrogens with one attached hydrogen (secondary N) is 1. The van der Waals surface area contributed by atoms with E-state index in [1.807, 2.05) is 25.1 Å². The number of amides is 2. The first-order valence-electron chi connectivity index (χ1n) is 14.7. The van der Waals surface area contributed by atoms with Gasteiger partial charge in [0.05, 0.1) is 17.7 Å². The second kappa shape index (κ2) is 11.5. The molecule has 5 rings (SSSR count). The van der Waals surface area contributed by atoms with E-state index in [1.165, 1.54) is 30.6 Å². The fourth-order valence-corrected chi connectivity index (χ4v) is 6.02. The number of aryl methyl sites for hydroxylation is 1. The quantitative estimate of drug-likeness (QED) is 0.299. The highest BCUT2D eigenvalue weighted by Crippen LogP contribution is 2.32. The predicted molar refractivity (Wildman–Crippen MR) is 165 cm³/mol. The van der Waals surface area contributed by atoms with Gasteiger partial charge in [0, 0.05) is 37.9 Å². The summed E-state index contributed by atoms with van der Waals surface area (Å²) in [6.45, 7) is 12.8. The van der Waals surface area contributed by atoms with Crippen LogP contribution in [0.2, 0.25) is 0 Å². The Morgan fingerprint density at radius 1 is 0.951 bits per heavy atom. The number of hydrogen-bond donors (Lipinski definition) is 1. The molecular weight excluding hydrogens is 512 g/mol. The van der Waals surface area contributed by atoms with Crippen LogP contribution in [0.25, 0.3) is 0 Å². The van der Waals surface area contributed by atoms with E-state index in [2.05, 4.69) is 55.9 Å². The molecule has 8 nitrogen and oxygen atoms in total. The lowest BCUT2D eigenvalue weighted by atomic mass is 9.96. The monoisotopic (exact) mass is 554 g/mol. The Balaban J connectivity index is 1.44. The maximum absolute atomic E-state index is 13.0. The SMILES string of the molecule is CCN(c1cc(N(C)CC(C)(C)C)nc(Nc2cc(CN3C(=O)c4ccccc4C3=O)ccc2C)n1)C1CCCC1. The maximum Gasteiger partial charge on any atom is 0.261 e. The topological polar surface area (TPSA) is 81.7 Å². The van der Waals surface area contributed by atoms with Crippen LogP contribution in [0.15, 0.2) is 48.5 Å². The third-order valence-electron chi connectivity index (χ3n) is 7.97. The minimum atomic E-state index is -0.255. The van der Waals surface area contributed by atoms with Gasteiger partial charge in [-0.3, -0.25) is 14.5 Å². The minimum Gasteiger partial charge on any atom is -0.359 e. The van der Waals surface area contributed by atoms with Crippen molar-refractivity contribution < 1.29 is 9.59 Å². The second-order valence-electron chi connectivity index (χ2n) is 12.6. The van der Waals surface area contributed by atoms with Crippen LogP contribution < -0.4 is 15.1 Å². The van der Waals surface area contributed by atoms with Gasteiger partial charge < -0.3 is 15.1 Å². The van der Waals surface area contributed by atoms with Crippen molar-refractivity contribution in [1.29, 1.82) is 0 Å². The third kappa shape index (κ3) is 6.21. The molecule has 2 aliphatic rings. The Morgan fingerprint density at radius 3 is 2.20 bits per heavy atom. The van der Waals surface area contributed by atoms with Crippen LogP contribution in [-0.4, -0.2) is 52.9 Å². The summed E-state index contributed by atoms with van der Waals surface area (Å²) in [5.74, 6) is 1.84. The molecule has 1 aliphatic carbocycles. The Hall–Kier alpha value is -3.94. The molecule has 2 aromatic carbocycles. The summed E-state index contributed by atoms with van der Waals surface area (Å²) in [6.07, 6.45) is 4.89. The molecule has 1 aromatic heterocycles. The van der Waals surface area contributed by atoms with E-state index >= 15 is 0 Å². The van der Waals surface area contributed by atoms with E-state index in [-0.39, 0.29) is 23.8 Å². The number of rotatable bonds is 9. The molecule has 0 saturated heterocycles. The van der Waals surface area contributed by atoms with Crippen molar-refractivity contribution in [3.8, 4) is 0 Å². The Morgan fingerprint density at radius 2 is 1.59 bits per heavy atom. The lowest BCUT2D eigenvalue weighted by Crippen LogP contribution is -2.35. The van der Waals surface area contributed by atoms with E-state index < -0.39 is 0 Å². The van der Waals surface area contributed by atoms with Crippen molar-refractivity contribution in [3.05, 3.63) is 70.8 Å². The van der Waals surface area contributed by atoms with Gasteiger partial charge in [0.15, 0.2) is 0 Å². The molecule has 0 bridgehead atoms. The molecule has 1 aliphatic heterocycles. The van der Waals surface area contributed by atoms with E-state index in [0.717, 1.165) is 41.5 Å². The van der Waals surface area contributed by atoms with Crippen LogP contribution in [0.4, 0.5) is 23.3 Å². The number of fused-ring (bicyclic) bond motifs is 1. The number of carbonyl (C=O) groups excluding carboxylic acids is 2. The van der Waals surface area contributed by atoms with Gasteiger partial charge in [-0.05, 0) is 61.4 Å². The van der Waals surface area contributed by atoms with Crippen molar-refractivity contribution >= 4 is 35.1 Å². The molecule has 2 amide bonds. The van der Waals surface area contributed by atoms with Crippen molar-refractivity contribution in [2.45, 2.75) is 72.9 Å². The van der Waals surface area contributed by atoms with Gasteiger partial charge in [-0.2, -0.15) is 9.97 Å². The lowest BCUT2D eigenvalue weighted by molar-refractivity contribution is 0.0642. The summed E-state index contributed by atoms with van der Waals surface area (Å²) in [5.41, 5.74) is 3.77. The van der Waals surface area contributed by atoms with Crippen LogP contribution >= 0.6 is 0 Å². The number of imide groups is 1.